The fourth-order valence-corrected chi connectivity index (χ4v) is 3.64. The SMILES string of the molecule is O=C(CNCc1cccc(F)c1Cl)N[C@@H](CCCCO)COC(=O)Nc1cc2ccccc2cn1. The highest BCUT2D eigenvalue weighted by molar-refractivity contribution is 6.31. The Bertz CT molecular complexity index is 1150. The monoisotopic (exact) mass is 502 g/mol. The molecule has 1 atom stereocenters. The molecule has 3 rings (SSSR count). The van der Waals surface area contributed by atoms with Crippen molar-refractivity contribution in [2.45, 2.75) is 31.8 Å². The number of halogens is 2. The number of nitrogens with one attached hydrogen (secondary N) is 3. The Morgan fingerprint density at radius 2 is 1.91 bits per heavy atom. The minimum absolute atomic E-state index is 0.0163. The van der Waals surface area contributed by atoms with Crippen molar-refractivity contribution in [3.05, 3.63) is 71.1 Å². The molecule has 0 saturated heterocycles. The van der Waals surface area contributed by atoms with E-state index >= 15 is 0 Å². The first-order valence-electron chi connectivity index (χ1n) is 11.3. The largest absolute Gasteiger partial charge is 0.447 e. The van der Waals surface area contributed by atoms with Gasteiger partial charge in [-0.1, -0.05) is 48.0 Å². The van der Waals surface area contributed by atoms with Gasteiger partial charge in [0.25, 0.3) is 0 Å². The van der Waals surface area contributed by atoms with Crippen LogP contribution in [-0.4, -0.2) is 47.9 Å². The molecular formula is C25H28ClFN4O4. The Morgan fingerprint density at radius 3 is 2.71 bits per heavy atom. The van der Waals surface area contributed by atoms with Crippen molar-refractivity contribution in [3.8, 4) is 0 Å². The highest BCUT2D eigenvalue weighted by Crippen LogP contribution is 2.19. The maximum absolute atomic E-state index is 13.5. The molecule has 0 fully saturated rings. The number of amides is 2. The van der Waals surface area contributed by atoms with E-state index in [1.54, 1.807) is 24.4 Å². The van der Waals surface area contributed by atoms with E-state index in [9.17, 15) is 14.0 Å². The summed E-state index contributed by atoms with van der Waals surface area (Å²) in [6.45, 7) is 0.172. The molecule has 4 N–H and O–H groups in total. The zero-order valence-corrected chi connectivity index (χ0v) is 19.9. The average Bonchev–Trinajstić information content (AvgIpc) is 2.85. The number of aliphatic hydroxyl groups excluding tert-OH is 1. The van der Waals surface area contributed by atoms with Crippen LogP contribution in [0.15, 0.2) is 54.7 Å². The fourth-order valence-electron chi connectivity index (χ4n) is 3.44. The molecule has 2 amide bonds. The van der Waals surface area contributed by atoms with E-state index in [4.69, 9.17) is 21.4 Å². The van der Waals surface area contributed by atoms with Crippen LogP contribution in [0.3, 0.4) is 0 Å². The number of ether oxygens (including phenoxy) is 1. The third-order valence-corrected chi connectivity index (χ3v) is 5.66. The Kier molecular flexibility index (Phi) is 10.2. The minimum atomic E-state index is -0.687. The first kappa shape index (κ1) is 26.3. The van der Waals surface area contributed by atoms with E-state index in [1.165, 1.54) is 6.07 Å². The number of hydrogen-bond donors (Lipinski definition) is 4. The minimum Gasteiger partial charge on any atom is -0.447 e. The summed E-state index contributed by atoms with van der Waals surface area (Å²) in [5.41, 5.74) is 0.543. The lowest BCUT2D eigenvalue weighted by atomic mass is 10.1. The smallest absolute Gasteiger partial charge is 0.412 e. The molecule has 0 unspecified atom stereocenters. The summed E-state index contributed by atoms with van der Waals surface area (Å²) >= 11 is 5.93. The molecule has 35 heavy (non-hydrogen) atoms. The summed E-state index contributed by atoms with van der Waals surface area (Å²) in [6.07, 6.45) is 2.70. The molecule has 0 aliphatic rings. The zero-order chi connectivity index (χ0) is 25.0. The average molecular weight is 503 g/mol. The molecule has 0 aliphatic carbocycles. The normalized spacial score (nSPS) is 11.7. The molecule has 3 aromatic rings. The molecule has 0 aliphatic heterocycles. The highest BCUT2D eigenvalue weighted by Gasteiger charge is 2.16. The van der Waals surface area contributed by atoms with E-state index in [-0.39, 0.29) is 37.2 Å². The first-order chi connectivity index (χ1) is 17.0. The predicted octanol–water partition coefficient (Wildman–Crippen LogP) is 4.01. The lowest BCUT2D eigenvalue weighted by molar-refractivity contribution is -0.121. The number of carbonyl (C=O) groups excluding carboxylic acids is 2. The number of fused-ring (bicyclic) bond motifs is 1. The molecule has 186 valence electrons. The third-order valence-electron chi connectivity index (χ3n) is 5.24. The molecule has 1 heterocycles. The standard InChI is InChI=1S/C25H28ClFN4O4/c26-24-19(8-5-10-21(24)27)13-28-15-23(33)30-20(9-3-4-11-32)16-35-25(34)31-22-12-17-6-1-2-7-18(17)14-29-22/h1-2,5-8,10,12,14,20,28,32H,3-4,9,11,13,15-16H2,(H,30,33)(H,29,31,34)/t20-/m0/s1. The van der Waals surface area contributed by atoms with Gasteiger partial charge < -0.3 is 20.5 Å². The van der Waals surface area contributed by atoms with Gasteiger partial charge in [0, 0.05) is 24.7 Å². The van der Waals surface area contributed by atoms with Gasteiger partial charge in [-0.15, -0.1) is 0 Å². The summed E-state index contributed by atoms with van der Waals surface area (Å²) in [5, 5.41) is 19.3. The van der Waals surface area contributed by atoms with Gasteiger partial charge in [-0.2, -0.15) is 0 Å². The first-order valence-corrected chi connectivity index (χ1v) is 11.7. The number of aliphatic hydroxyl groups is 1. The number of hydrogen-bond acceptors (Lipinski definition) is 6. The molecule has 8 nitrogen and oxygen atoms in total. The Labute approximate surface area is 207 Å². The van der Waals surface area contributed by atoms with Gasteiger partial charge in [0.1, 0.15) is 18.2 Å². The van der Waals surface area contributed by atoms with Crippen LogP contribution in [0, 0.1) is 5.82 Å². The van der Waals surface area contributed by atoms with E-state index < -0.39 is 18.0 Å². The van der Waals surface area contributed by atoms with Gasteiger partial charge in [0.15, 0.2) is 0 Å². The summed E-state index contributed by atoms with van der Waals surface area (Å²) in [5.74, 6) is -0.477. The maximum atomic E-state index is 13.5. The quantitative estimate of drug-likeness (QED) is 0.278. The molecular weight excluding hydrogens is 475 g/mol. The van der Waals surface area contributed by atoms with Crippen molar-refractivity contribution < 1.29 is 23.8 Å². The van der Waals surface area contributed by atoms with Crippen LogP contribution in [0.5, 0.6) is 0 Å². The number of rotatable bonds is 12. The van der Waals surface area contributed by atoms with E-state index in [0.29, 0.717) is 30.6 Å². The van der Waals surface area contributed by atoms with Gasteiger partial charge in [0.05, 0.1) is 17.6 Å². The number of benzene rings is 2. The van der Waals surface area contributed by atoms with Gasteiger partial charge in [-0.3, -0.25) is 10.1 Å². The highest BCUT2D eigenvalue weighted by atomic mass is 35.5. The second-order valence-corrected chi connectivity index (χ2v) is 8.32. The Hall–Kier alpha value is -3.27. The van der Waals surface area contributed by atoms with Crippen LogP contribution in [0.2, 0.25) is 5.02 Å². The predicted molar refractivity (Wildman–Crippen MR) is 133 cm³/mol. The van der Waals surface area contributed by atoms with Gasteiger partial charge in [0.2, 0.25) is 5.91 Å². The molecule has 0 spiro atoms. The second-order valence-electron chi connectivity index (χ2n) is 7.94. The van der Waals surface area contributed by atoms with Crippen molar-refractivity contribution >= 4 is 40.2 Å². The van der Waals surface area contributed by atoms with E-state index in [0.717, 1.165) is 10.8 Å². The van der Waals surface area contributed by atoms with Crippen molar-refractivity contribution in [3.63, 3.8) is 0 Å². The molecule has 10 heteroatoms. The number of unbranched alkanes of at least 4 members (excludes halogenated alkanes) is 1. The summed E-state index contributed by atoms with van der Waals surface area (Å²) in [7, 11) is 0. The Balaban J connectivity index is 1.47. The summed E-state index contributed by atoms with van der Waals surface area (Å²) in [6, 6.07) is 13.4. The van der Waals surface area contributed by atoms with Crippen molar-refractivity contribution in [1.29, 1.82) is 0 Å². The van der Waals surface area contributed by atoms with Crippen molar-refractivity contribution in [1.82, 2.24) is 15.6 Å². The fraction of sp³-hybridized carbons (Fsp3) is 0.320. The van der Waals surface area contributed by atoms with Gasteiger partial charge in [-0.25, -0.2) is 14.2 Å². The topological polar surface area (TPSA) is 113 Å². The van der Waals surface area contributed by atoms with Gasteiger partial charge >= 0.3 is 6.09 Å². The van der Waals surface area contributed by atoms with Crippen molar-refractivity contribution in [2.75, 3.05) is 25.1 Å². The number of pyridine rings is 1. The number of aromatic nitrogens is 1. The number of anilines is 1. The molecule has 2 aromatic carbocycles. The van der Waals surface area contributed by atoms with Crippen LogP contribution in [0.4, 0.5) is 15.0 Å². The molecule has 0 saturated carbocycles. The molecule has 0 radical (unpaired) electrons. The third kappa shape index (κ3) is 8.47. The van der Waals surface area contributed by atoms with Crippen molar-refractivity contribution in [2.24, 2.45) is 0 Å². The van der Waals surface area contributed by atoms with Gasteiger partial charge in [-0.05, 0) is 42.3 Å². The molecule has 1 aromatic heterocycles. The second kappa shape index (κ2) is 13.6. The van der Waals surface area contributed by atoms with Crippen LogP contribution in [0.1, 0.15) is 24.8 Å². The Morgan fingerprint density at radius 1 is 1.11 bits per heavy atom. The lowest BCUT2D eigenvalue weighted by Gasteiger charge is -2.19. The van der Waals surface area contributed by atoms with E-state index in [1.807, 2.05) is 24.3 Å². The summed E-state index contributed by atoms with van der Waals surface area (Å²) in [4.78, 5) is 28.9. The van der Waals surface area contributed by atoms with Crippen LogP contribution >= 0.6 is 11.6 Å². The summed E-state index contributed by atoms with van der Waals surface area (Å²) < 4.78 is 18.8. The molecule has 0 bridgehead atoms. The number of carbonyl (C=O) groups is 2. The van der Waals surface area contributed by atoms with E-state index in [2.05, 4.69) is 20.9 Å². The lowest BCUT2D eigenvalue weighted by Crippen LogP contribution is -2.43. The number of nitrogens with zero attached hydrogens (tertiary/aromatic N) is 1. The van der Waals surface area contributed by atoms with Crippen LogP contribution < -0.4 is 16.0 Å². The maximum Gasteiger partial charge on any atom is 0.412 e. The zero-order valence-electron chi connectivity index (χ0n) is 19.1. The van der Waals surface area contributed by atoms with Crippen LogP contribution in [0.25, 0.3) is 10.8 Å². The van der Waals surface area contributed by atoms with Crippen LogP contribution in [-0.2, 0) is 16.1 Å².